The van der Waals surface area contributed by atoms with Crippen LogP contribution in [0.25, 0.3) is 11.0 Å². The molecule has 0 amide bonds. The lowest BCUT2D eigenvalue weighted by Gasteiger charge is -2.06. The van der Waals surface area contributed by atoms with E-state index in [0.717, 1.165) is 16.5 Å². The molecule has 0 unspecified atom stereocenters. The monoisotopic (exact) mass is 358 g/mol. The molecule has 2 nitrogen and oxygen atoms in total. The maximum Gasteiger partial charge on any atom is 0.228 e. The summed E-state index contributed by atoms with van der Waals surface area (Å²) >= 11 is 1.73. The molecule has 0 aliphatic rings. The van der Waals surface area contributed by atoms with Crippen LogP contribution in [0.5, 0.6) is 0 Å². The quantitative estimate of drug-likeness (QED) is 0.311. The van der Waals surface area contributed by atoms with Crippen LogP contribution in [0.2, 0.25) is 0 Å². The van der Waals surface area contributed by atoms with Crippen LogP contribution in [0, 0.1) is 6.92 Å². The van der Waals surface area contributed by atoms with Gasteiger partial charge in [0.25, 0.3) is 0 Å². The van der Waals surface area contributed by atoms with Gasteiger partial charge < -0.3 is 4.42 Å². The predicted molar refractivity (Wildman–Crippen MR) is 107 cm³/mol. The van der Waals surface area contributed by atoms with Gasteiger partial charge in [-0.25, -0.2) is 0 Å². The highest BCUT2D eigenvalue weighted by atomic mass is 32.2. The largest absolute Gasteiger partial charge is 0.452 e. The van der Waals surface area contributed by atoms with Crippen molar-refractivity contribution in [2.24, 2.45) is 0 Å². The molecule has 3 aromatic carbocycles. The third kappa shape index (κ3) is 3.18. The second kappa shape index (κ2) is 7.22. The van der Waals surface area contributed by atoms with Gasteiger partial charge in [-0.1, -0.05) is 66.7 Å². The van der Waals surface area contributed by atoms with Gasteiger partial charge in [0.05, 0.1) is 0 Å². The summed E-state index contributed by atoms with van der Waals surface area (Å²) in [5, 5.41) is 1.01. The molecule has 4 aromatic rings. The van der Waals surface area contributed by atoms with E-state index in [-0.39, 0.29) is 5.78 Å². The molecule has 0 aliphatic carbocycles. The molecule has 0 bridgehead atoms. The van der Waals surface area contributed by atoms with Crippen LogP contribution in [0.1, 0.15) is 27.2 Å². The summed E-state index contributed by atoms with van der Waals surface area (Å²) in [6, 6.07) is 25.5. The zero-order valence-electron chi connectivity index (χ0n) is 14.4. The lowest BCUT2D eigenvalue weighted by atomic mass is 10.0. The fourth-order valence-electron chi connectivity index (χ4n) is 3.01. The first kappa shape index (κ1) is 16.7. The lowest BCUT2D eigenvalue weighted by molar-refractivity contribution is 0.101. The summed E-state index contributed by atoms with van der Waals surface area (Å²) in [5.41, 5.74) is 3.60. The Morgan fingerprint density at radius 1 is 0.885 bits per heavy atom. The van der Waals surface area contributed by atoms with Crippen molar-refractivity contribution in [2.45, 2.75) is 17.6 Å². The van der Waals surface area contributed by atoms with E-state index in [0.29, 0.717) is 17.1 Å². The minimum atomic E-state index is -0.0674. The third-order valence-corrected chi connectivity index (χ3v) is 5.61. The summed E-state index contributed by atoms with van der Waals surface area (Å²) < 4.78 is 5.97. The first-order chi connectivity index (χ1) is 12.7. The van der Waals surface area contributed by atoms with Gasteiger partial charge in [-0.3, -0.25) is 4.79 Å². The fraction of sp³-hybridized carbons (Fsp3) is 0.0870. The molecule has 0 saturated heterocycles. The summed E-state index contributed by atoms with van der Waals surface area (Å²) in [5.74, 6) is 1.07. The minimum absolute atomic E-state index is 0.0674. The SMILES string of the molecule is Cc1ccccc1SCc1c(C(=O)c2ccccc2)oc2ccccc12. The summed E-state index contributed by atoms with van der Waals surface area (Å²) in [6.07, 6.45) is 0. The van der Waals surface area contributed by atoms with Gasteiger partial charge >= 0.3 is 0 Å². The van der Waals surface area contributed by atoms with Crippen LogP contribution in [0.4, 0.5) is 0 Å². The number of furan rings is 1. The minimum Gasteiger partial charge on any atom is -0.452 e. The zero-order chi connectivity index (χ0) is 17.9. The maximum absolute atomic E-state index is 13.0. The molecule has 0 fully saturated rings. The summed E-state index contributed by atoms with van der Waals surface area (Å²) in [4.78, 5) is 14.2. The average Bonchev–Trinajstić information content (AvgIpc) is 3.06. The van der Waals surface area contributed by atoms with Crippen LogP contribution in [0.15, 0.2) is 88.2 Å². The van der Waals surface area contributed by atoms with Crippen molar-refractivity contribution < 1.29 is 9.21 Å². The van der Waals surface area contributed by atoms with E-state index in [2.05, 4.69) is 19.1 Å². The first-order valence-corrected chi connectivity index (χ1v) is 9.51. The Morgan fingerprint density at radius 3 is 2.38 bits per heavy atom. The molecule has 128 valence electrons. The molecule has 0 spiro atoms. The first-order valence-electron chi connectivity index (χ1n) is 8.52. The maximum atomic E-state index is 13.0. The number of aryl methyl sites for hydroxylation is 1. The molecule has 4 rings (SSSR count). The smallest absolute Gasteiger partial charge is 0.228 e. The van der Waals surface area contributed by atoms with E-state index < -0.39 is 0 Å². The van der Waals surface area contributed by atoms with Crippen LogP contribution in [-0.4, -0.2) is 5.78 Å². The van der Waals surface area contributed by atoms with Gasteiger partial charge in [0, 0.05) is 27.2 Å². The number of fused-ring (bicyclic) bond motifs is 1. The van der Waals surface area contributed by atoms with Crippen molar-refractivity contribution in [3.05, 3.63) is 101 Å². The third-order valence-electron chi connectivity index (χ3n) is 4.41. The Kier molecular flexibility index (Phi) is 4.63. The number of rotatable bonds is 5. The number of hydrogen-bond acceptors (Lipinski definition) is 3. The molecule has 3 heteroatoms. The van der Waals surface area contributed by atoms with Gasteiger partial charge in [0.2, 0.25) is 5.78 Å². The standard InChI is InChI=1S/C23H18O2S/c1-16-9-5-8-14-21(16)26-15-19-18-12-6-7-13-20(18)25-23(19)22(24)17-10-3-2-4-11-17/h2-14H,15H2,1H3. The van der Waals surface area contributed by atoms with Gasteiger partial charge in [-0.05, 0) is 24.6 Å². The number of thioether (sulfide) groups is 1. The van der Waals surface area contributed by atoms with Crippen molar-refractivity contribution >= 4 is 28.5 Å². The summed E-state index contributed by atoms with van der Waals surface area (Å²) in [6.45, 7) is 2.10. The van der Waals surface area contributed by atoms with Gasteiger partial charge in [0.1, 0.15) is 5.58 Å². The van der Waals surface area contributed by atoms with Crippen LogP contribution >= 0.6 is 11.8 Å². The van der Waals surface area contributed by atoms with Crippen molar-refractivity contribution in [1.82, 2.24) is 0 Å². The fourth-order valence-corrected chi connectivity index (χ4v) is 4.07. The van der Waals surface area contributed by atoms with Gasteiger partial charge in [0.15, 0.2) is 5.76 Å². The van der Waals surface area contributed by atoms with E-state index in [1.807, 2.05) is 66.7 Å². The molecular formula is C23H18O2S. The van der Waals surface area contributed by atoms with E-state index >= 15 is 0 Å². The van der Waals surface area contributed by atoms with Crippen molar-refractivity contribution in [2.75, 3.05) is 0 Å². The second-order valence-electron chi connectivity index (χ2n) is 6.16. The Balaban J connectivity index is 1.75. The Hall–Kier alpha value is -2.78. The molecule has 0 atom stereocenters. The number of benzene rings is 3. The van der Waals surface area contributed by atoms with Crippen LogP contribution < -0.4 is 0 Å². The molecule has 0 saturated carbocycles. The van der Waals surface area contributed by atoms with Gasteiger partial charge in [-0.15, -0.1) is 11.8 Å². The van der Waals surface area contributed by atoms with Crippen molar-refractivity contribution in [3.63, 3.8) is 0 Å². The second-order valence-corrected chi connectivity index (χ2v) is 7.17. The highest BCUT2D eigenvalue weighted by Crippen LogP contribution is 2.34. The predicted octanol–water partition coefficient (Wildman–Crippen LogP) is 6.26. The highest BCUT2D eigenvalue weighted by Gasteiger charge is 2.21. The Labute approximate surface area is 156 Å². The molecule has 1 heterocycles. The van der Waals surface area contributed by atoms with E-state index in [1.165, 1.54) is 10.5 Å². The van der Waals surface area contributed by atoms with E-state index in [4.69, 9.17) is 4.42 Å². The molecule has 1 aromatic heterocycles. The number of para-hydroxylation sites is 1. The molecule has 26 heavy (non-hydrogen) atoms. The molecule has 0 radical (unpaired) electrons. The van der Waals surface area contributed by atoms with Crippen molar-refractivity contribution in [3.8, 4) is 0 Å². The number of carbonyl (C=O) groups excluding carboxylic acids is 1. The topological polar surface area (TPSA) is 30.2 Å². The van der Waals surface area contributed by atoms with Crippen LogP contribution in [0.3, 0.4) is 0 Å². The average molecular weight is 358 g/mol. The Bertz CT molecular complexity index is 1060. The zero-order valence-corrected chi connectivity index (χ0v) is 15.3. The number of carbonyl (C=O) groups is 1. The molecule has 0 N–H and O–H groups in total. The summed E-state index contributed by atoms with van der Waals surface area (Å²) in [7, 11) is 0. The normalized spacial score (nSPS) is 11.0. The number of ketones is 1. The molecular weight excluding hydrogens is 340 g/mol. The Morgan fingerprint density at radius 2 is 1.58 bits per heavy atom. The number of hydrogen-bond donors (Lipinski definition) is 0. The van der Waals surface area contributed by atoms with E-state index in [1.54, 1.807) is 11.8 Å². The van der Waals surface area contributed by atoms with E-state index in [9.17, 15) is 4.79 Å². The highest BCUT2D eigenvalue weighted by molar-refractivity contribution is 7.98. The molecule has 0 aliphatic heterocycles. The van der Waals surface area contributed by atoms with Crippen molar-refractivity contribution in [1.29, 1.82) is 0 Å². The van der Waals surface area contributed by atoms with Crippen LogP contribution in [-0.2, 0) is 5.75 Å². The van der Waals surface area contributed by atoms with Gasteiger partial charge in [-0.2, -0.15) is 0 Å². The lowest BCUT2D eigenvalue weighted by Crippen LogP contribution is -2.02.